The third kappa shape index (κ3) is 5.65. The Bertz CT molecular complexity index is 596. The summed E-state index contributed by atoms with van der Waals surface area (Å²) in [4.78, 5) is 24.0. The fourth-order valence-corrected chi connectivity index (χ4v) is 1.87. The van der Waals surface area contributed by atoms with Gasteiger partial charge in [0.05, 0.1) is 23.7 Å². The van der Waals surface area contributed by atoms with Gasteiger partial charge in [0, 0.05) is 12.2 Å². The van der Waals surface area contributed by atoms with Crippen molar-refractivity contribution in [2.45, 2.75) is 0 Å². The van der Waals surface area contributed by atoms with E-state index in [1.807, 2.05) is 6.07 Å². The van der Waals surface area contributed by atoms with Crippen LogP contribution < -0.4 is 5.32 Å². The SMILES string of the molecule is C=CCN(CC(=O)O)CC(=O)Nc1ccc(C#N)c(Cl)c1. The zero-order valence-corrected chi connectivity index (χ0v) is 11.9. The van der Waals surface area contributed by atoms with E-state index in [4.69, 9.17) is 22.0 Å². The van der Waals surface area contributed by atoms with Gasteiger partial charge in [-0.1, -0.05) is 17.7 Å². The van der Waals surface area contributed by atoms with E-state index in [-0.39, 0.29) is 30.6 Å². The Kier molecular flexibility index (Phi) is 6.40. The molecule has 1 amide bonds. The summed E-state index contributed by atoms with van der Waals surface area (Å²) in [6, 6.07) is 6.43. The number of hydrogen-bond donors (Lipinski definition) is 2. The van der Waals surface area contributed by atoms with Gasteiger partial charge in [-0.25, -0.2) is 0 Å². The van der Waals surface area contributed by atoms with Gasteiger partial charge < -0.3 is 10.4 Å². The lowest BCUT2D eigenvalue weighted by Gasteiger charge is -2.17. The number of carboxylic acid groups (broad SMARTS) is 1. The Morgan fingerprint density at radius 2 is 2.19 bits per heavy atom. The quantitative estimate of drug-likeness (QED) is 0.748. The number of aliphatic carboxylic acids is 1. The molecular formula is C14H14ClN3O3. The molecule has 0 aliphatic carbocycles. The lowest BCUT2D eigenvalue weighted by atomic mass is 10.2. The molecule has 0 aliphatic heterocycles. The number of benzene rings is 1. The highest BCUT2D eigenvalue weighted by Crippen LogP contribution is 2.20. The number of carbonyl (C=O) groups is 2. The average molecular weight is 308 g/mol. The van der Waals surface area contributed by atoms with E-state index in [9.17, 15) is 9.59 Å². The number of nitriles is 1. The predicted molar refractivity (Wildman–Crippen MR) is 79.1 cm³/mol. The topological polar surface area (TPSA) is 93.4 Å². The molecule has 1 aromatic carbocycles. The van der Waals surface area contributed by atoms with Crippen LogP contribution in [-0.2, 0) is 9.59 Å². The maximum absolute atomic E-state index is 11.9. The number of nitrogens with zero attached hydrogens (tertiary/aromatic N) is 2. The number of nitrogens with one attached hydrogen (secondary N) is 1. The van der Waals surface area contributed by atoms with E-state index >= 15 is 0 Å². The van der Waals surface area contributed by atoms with Gasteiger partial charge in [-0.05, 0) is 18.2 Å². The highest BCUT2D eigenvalue weighted by atomic mass is 35.5. The molecule has 0 aromatic heterocycles. The summed E-state index contributed by atoms with van der Waals surface area (Å²) in [5.74, 6) is -1.40. The Morgan fingerprint density at radius 1 is 1.48 bits per heavy atom. The Balaban J connectivity index is 2.67. The molecule has 0 unspecified atom stereocenters. The zero-order valence-electron chi connectivity index (χ0n) is 11.2. The molecule has 1 rings (SSSR count). The van der Waals surface area contributed by atoms with E-state index < -0.39 is 5.97 Å². The van der Waals surface area contributed by atoms with Crippen molar-refractivity contribution in [3.8, 4) is 6.07 Å². The Hall–Kier alpha value is -2.36. The van der Waals surface area contributed by atoms with Crippen LogP contribution in [0.1, 0.15) is 5.56 Å². The van der Waals surface area contributed by atoms with Crippen LogP contribution >= 0.6 is 11.6 Å². The van der Waals surface area contributed by atoms with Gasteiger partial charge >= 0.3 is 5.97 Å². The molecule has 0 saturated heterocycles. The van der Waals surface area contributed by atoms with Gasteiger partial charge in [0.2, 0.25) is 5.91 Å². The van der Waals surface area contributed by atoms with E-state index in [2.05, 4.69) is 11.9 Å². The van der Waals surface area contributed by atoms with Crippen LogP contribution in [0.4, 0.5) is 5.69 Å². The summed E-state index contributed by atoms with van der Waals surface area (Å²) in [6.45, 7) is 3.46. The number of halogens is 1. The molecule has 7 heteroatoms. The minimum absolute atomic E-state index is 0.0874. The molecule has 21 heavy (non-hydrogen) atoms. The van der Waals surface area contributed by atoms with Crippen LogP contribution in [0.3, 0.4) is 0 Å². The maximum atomic E-state index is 11.9. The van der Waals surface area contributed by atoms with E-state index in [0.717, 1.165) is 0 Å². The number of rotatable bonds is 7. The first-order valence-electron chi connectivity index (χ1n) is 6.00. The van der Waals surface area contributed by atoms with Crippen molar-refractivity contribution >= 4 is 29.2 Å². The molecule has 1 aromatic rings. The number of carbonyl (C=O) groups excluding carboxylic acids is 1. The fourth-order valence-electron chi connectivity index (χ4n) is 1.65. The van der Waals surface area contributed by atoms with Crippen molar-refractivity contribution in [3.63, 3.8) is 0 Å². The highest BCUT2D eigenvalue weighted by molar-refractivity contribution is 6.32. The lowest BCUT2D eigenvalue weighted by molar-refractivity contribution is -0.138. The summed E-state index contributed by atoms with van der Waals surface area (Å²) in [7, 11) is 0. The largest absolute Gasteiger partial charge is 0.480 e. The molecule has 0 bridgehead atoms. The predicted octanol–water partition coefficient (Wildman–Crippen LogP) is 1.72. The van der Waals surface area contributed by atoms with E-state index in [0.29, 0.717) is 11.3 Å². The van der Waals surface area contributed by atoms with Crippen molar-refractivity contribution in [2.24, 2.45) is 0 Å². The van der Waals surface area contributed by atoms with Gasteiger partial charge in [-0.3, -0.25) is 14.5 Å². The molecule has 0 fully saturated rings. The Labute approximate surface area is 127 Å². The molecule has 0 atom stereocenters. The van der Waals surface area contributed by atoms with Crippen LogP contribution in [0.2, 0.25) is 5.02 Å². The van der Waals surface area contributed by atoms with Gasteiger partial charge in [0.25, 0.3) is 0 Å². The van der Waals surface area contributed by atoms with Gasteiger partial charge in [0.15, 0.2) is 0 Å². The van der Waals surface area contributed by atoms with Crippen LogP contribution in [0.25, 0.3) is 0 Å². The molecule has 110 valence electrons. The summed E-state index contributed by atoms with van der Waals surface area (Å²) < 4.78 is 0. The van der Waals surface area contributed by atoms with Gasteiger partial charge in [-0.2, -0.15) is 5.26 Å². The molecule has 0 aliphatic rings. The summed E-state index contributed by atoms with van der Waals surface area (Å²) in [5.41, 5.74) is 0.756. The molecule has 0 spiro atoms. The monoisotopic (exact) mass is 307 g/mol. The van der Waals surface area contributed by atoms with Crippen LogP contribution in [0.5, 0.6) is 0 Å². The number of anilines is 1. The number of amides is 1. The average Bonchev–Trinajstić information content (AvgIpc) is 2.38. The molecule has 6 nitrogen and oxygen atoms in total. The van der Waals surface area contributed by atoms with Crippen molar-refractivity contribution in [1.29, 1.82) is 5.26 Å². The standard InChI is InChI=1S/C14H14ClN3O3/c1-2-5-18(9-14(20)21)8-13(19)17-11-4-3-10(7-16)12(15)6-11/h2-4,6H,1,5,8-9H2,(H,17,19)(H,20,21). The molecule has 0 saturated carbocycles. The molecular weight excluding hydrogens is 294 g/mol. The fraction of sp³-hybridized carbons (Fsp3) is 0.214. The van der Waals surface area contributed by atoms with Gasteiger partial charge in [-0.15, -0.1) is 6.58 Å². The van der Waals surface area contributed by atoms with Crippen molar-refractivity contribution < 1.29 is 14.7 Å². The van der Waals surface area contributed by atoms with E-state index in [1.165, 1.54) is 23.1 Å². The molecule has 0 heterocycles. The lowest BCUT2D eigenvalue weighted by Crippen LogP contribution is -2.37. The third-order valence-electron chi connectivity index (χ3n) is 2.49. The summed E-state index contributed by atoms with van der Waals surface area (Å²) in [5, 5.41) is 20.3. The second kappa shape index (κ2) is 8.04. The van der Waals surface area contributed by atoms with Crippen molar-refractivity contribution in [2.75, 3.05) is 25.0 Å². The first-order valence-corrected chi connectivity index (χ1v) is 6.38. The van der Waals surface area contributed by atoms with Crippen LogP contribution in [0.15, 0.2) is 30.9 Å². The number of carboxylic acids is 1. The van der Waals surface area contributed by atoms with Crippen molar-refractivity contribution in [3.05, 3.63) is 41.4 Å². The first kappa shape index (κ1) is 16.7. The minimum atomic E-state index is -1.02. The number of hydrogen-bond acceptors (Lipinski definition) is 4. The molecule has 2 N–H and O–H groups in total. The summed E-state index contributed by atoms with van der Waals surface area (Å²) in [6.07, 6.45) is 1.52. The molecule has 0 radical (unpaired) electrons. The minimum Gasteiger partial charge on any atom is -0.480 e. The Morgan fingerprint density at radius 3 is 2.71 bits per heavy atom. The maximum Gasteiger partial charge on any atom is 0.317 e. The smallest absolute Gasteiger partial charge is 0.317 e. The van der Waals surface area contributed by atoms with E-state index in [1.54, 1.807) is 6.07 Å². The normalized spacial score (nSPS) is 9.95. The zero-order chi connectivity index (χ0) is 15.8. The second-order valence-corrected chi connectivity index (χ2v) is 4.61. The third-order valence-corrected chi connectivity index (χ3v) is 2.80. The van der Waals surface area contributed by atoms with Crippen molar-refractivity contribution in [1.82, 2.24) is 4.90 Å². The highest BCUT2D eigenvalue weighted by Gasteiger charge is 2.13. The summed E-state index contributed by atoms with van der Waals surface area (Å²) >= 11 is 5.86. The van der Waals surface area contributed by atoms with Gasteiger partial charge in [0.1, 0.15) is 6.07 Å². The van der Waals surface area contributed by atoms with Crippen LogP contribution in [-0.4, -0.2) is 41.5 Å². The van der Waals surface area contributed by atoms with Crippen LogP contribution in [0, 0.1) is 11.3 Å². The first-order chi connectivity index (χ1) is 9.96. The second-order valence-electron chi connectivity index (χ2n) is 4.21.